The van der Waals surface area contributed by atoms with Crippen molar-refractivity contribution in [2.75, 3.05) is 11.4 Å². The van der Waals surface area contributed by atoms with Crippen LogP contribution in [-0.2, 0) is 16.7 Å². The Morgan fingerprint density at radius 1 is 1.45 bits per heavy atom. The maximum absolute atomic E-state index is 11.3. The Hall–Kier alpha value is -0.830. The van der Waals surface area contributed by atoms with Crippen molar-refractivity contribution < 1.29 is 4.21 Å². The number of hydrogen-bond donors (Lipinski definition) is 0. The van der Waals surface area contributed by atoms with Crippen molar-refractivity contribution in [3.05, 3.63) is 29.8 Å². The summed E-state index contributed by atoms with van der Waals surface area (Å²) in [7, 11) is 1.03. The van der Waals surface area contributed by atoms with Gasteiger partial charge in [0.05, 0.1) is 11.4 Å². The van der Waals surface area contributed by atoms with Crippen LogP contribution in [0.3, 0.4) is 0 Å². The summed E-state index contributed by atoms with van der Waals surface area (Å²) in [6.45, 7) is 0. The Labute approximate surface area is 68.4 Å². The number of nitrogens with zero attached hydrogens (tertiary/aromatic N) is 1. The average molecular weight is 167 g/mol. The van der Waals surface area contributed by atoms with Crippen molar-refractivity contribution in [3.63, 3.8) is 0 Å². The van der Waals surface area contributed by atoms with Gasteiger partial charge in [-0.25, -0.2) is 4.21 Å². The van der Waals surface area contributed by atoms with Crippen molar-refractivity contribution in [1.82, 2.24) is 0 Å². The number of rotatable bonds is 0. The van der Waals surface area contributed by atoms with Crippen molar-refractivity contribution in [1.29, 1.82) is 0 Å². The Morgan fingerprint density at radius 2 is 2.18 bits per heavy atom. The molecule has 0 radical (unpaired) electrons. The lowest BCUT2D eigenvalue weighted by molar-refractivity contribution is 0.683. The first-order chi connectivity index (χ1) is 5.29. The molecule has 0 aliphatic carbocycles. The van der Waals surface area contributed by atoms with Crippen LogP contribution in [0, 0.1) is 0 Å². The maximum atomic E-state index is 11.3. The summed E-state index contributed by atoms with van der Waals surface area (Å²) in [5, 5.41) is 0. The molecule has 1 heterocycles. The van der Waals surface area contributed by atoms with E-state index in [-0.39, 0.29) is 0 Å². The number of para-hydroxylation sites is 1. The number of anilines is 1. The van der Waals surface area contributed by atoms with Crippen LogP contribution in [0.1, 0.15) is 5.56 Å². The molecule has 1 aliphatic heterocycles. The van der Waals surface area contributed by atoms with E-state index in [0.717, 1.165) is 5.69 Å². The van der Waals surface area contributed by atoms with E-state index in [4.69, 9.17) is 0 Å². The summed E-state index contributed by atoms with van der Waals surface area (Å²) >= 11 is 0. The second-order valence-corrected chi connectivity index (χ2v) is 4.07. The Bertz CT molecular complexity index is 311. The van der Waals surface area contributed by atoms with E-state index >= 15 is 0 Å². The molecule has 3 heteroatoms. The van der Waals surface area contributed by atoms with E-state index < -0.39 is 11.0 Å². The zero-order chi connectivity index (χ0) is 7.84. The minimum absolute atomic E-state index is 0.673. The summed E-state index contributed by atoms with van der Waals surface area (Å²) in [6, 6.07) is 7.98. The molecule has 0 spiro atoms. The summed E-state index contributed by atoms with van der Waals surface area (Å²) in [6.07, 6.45) is 0. The molecular weight excluding hydrogens is 158 g/mol. The minimum Gasteiger partial charge on any atom is -0.294 e. The smallest absolute Gasteiger partial charge is 0.124 e. The minimum atomic E-state index is -0.831. The molecule has 1 atom stereocenters. The van der Waals surface area contributed by atoms with Gasteiger partial charge in [-0.2, -0.15) is 0 Å². The molecule has 0 saturated heterocycles. The molecule has 0 N–H and O–H groups in total. The second kappa shape index (κ2) is 2.34. The van der Waals surface area contributed by atoms with Gasteiger partial charge in [-0.1, -0.05) is 18.2 Å². The lowest BCUT2D eigenvalue weighted by atomic mass is 10.2. The van der Waals surface area contributed by atoms with Crippen molar-refractivity contribution in [3.8, 4) is 0 Å². The zero-order valence-electron chi connectivity index (χ0n) is 6.28. The third-order valence-corrected chi connectivity index (χ3v) is 3.28. The highest BCUT2D eigenvalue weighted by Gasteiger charge is 2.21. The standard InChI is InChI=1S/C8H9NOS/c1-9-8-5-3-2-4-7(8)6-11(9)10/h2-5H,6H2,1H3. The van der Waals surface area contributed by atoms with Gasteiger partial charge < -0.3 is 0 Å². The Kier molecular flexibility index (Phi) is 1.46. The molecule has 1 aromatic rings. The number of benzene rings is 1. The van der Waals surface area contributed by atoms with Crippen LogP contribution in [-0.4, -0.2) is 11.3 Å². The zero-order valence-corrected chi connectivity index (χ0v) is 7.10. The molecule has 0 amide bonds. The fraction of sp³-hybridized carbons (Fsp3) is 0.250. The first-order valence-corrected chi connectivity index (χ1v) is 4.77. The van der Waals surface area contributed by atoms with Gasteiger partial charge >= 0.3 is 0 Å². The van der Waals surface area contributed by atoms with Crippen LogP contribution in [0.4, 0.5) is 5.69 Å². The third-order valence-electron chi connectivity index (χ3n) is 1.92. The lowest BCUT2D eigenvalue weighted by Crippen LogP contribution is -2.13. The van der Waals surface area contributed by atoms with Crippen LogP contribution >= 0.6 is 0 Å². The lowest BCUT2D eigenvalue weighted by Gasteiger charge is -2.08. The van der Waals surface area contributed by atoms with Gasteiger partial charge in [-0.15, -0.1) is 0 Å². The molecule has 2 nitrogen and oxygen atoms in total. The predicted molar refractivity (Wildman–Crippen MR) is 46.7 cm³/mol. The summed E-state index contributed by atoms with van der Waals surface area (Å²) in [4.78, 5) is 0. The van der Waals surface area contributed by atoms with Crippen molar-refractivity contribution in [2.24, 2.45) is 0 Å². The van der Waals surface area contributed by atoms with Gasteiger partial charge in [0.2, 0.25) is 0 Å². The molecule has 11 heavy (non-hydrogen) atoms. The van der Waals surface area contributed by atoms with Gasteiger partial charge in [-0.05, 0) is 11.6 Å². The molecular formula is C8H9NOS. The largest absolute Gasteiger partial charge is 0.294 e. The second-order valence-electron chi connectivity index (χ2n) is 2.59. The van der Waals surface area contributed by atoms with Crippen LogP contribution in [0.5, 0.6) is 0 Å². The molecule has 1 unspecified atom stereocenters. The van der Waals surface area contributed by atoms with E-state index in [1.165, 1.54) is 5.56 Å². The van der Waals surface area contributed by atoms with E-state index in [1.807, 2.05) is 35.6 Å². The number of fused-ring (bicyclic) bond motifs is 1. The fourth-order valence-corrected chi connectivity index (χ4v) is 2.38. The summed E-state index contributed by atoms with van der Waals surface area (Å²) < 4.78 is 13.1. The molecule has 0 aromatic heterocycles. The fourth-order valence-electron chi connectivity index (χ4n) is 1.28. The quantitative estimate of drug-likeness (QED) is 0.570. The third kappa shape index (κ3) is 0.959. The van der Waals surface area contributed by atoms with Crippen molar-refractivity contribution in [2.45, 2.75) is 5.75 Å². The molecule has 58 valence electrons. The van der Waals surface area contributed by atoms with Crippen LogP contribution in [0.15, 0.2) is 24.3 Å². The number of hydrogen-bond acceptors (Lipinski definition) is 1. The van der Waals surface area contributed by atoms with Gasteiger partial charge in [0.1, 0.15) is 11.0 Å². The molecule has 1 aliphatic rings. The van der Waals surface area contributed by atoms with Crippen LogP contribution < -0.4 is 4.31 Å². The first-order valence-electron chi connectivity index (χ1n) is 3.49. The summed E-state index contributed by atoms with van der Waals surface area (Å²) in [5.41, 5.74) is 2.29. The summed E-state index contributed by atoms with van der Waals surface area (Å²) in [5.74, 6) is 0.673. The first kappa shape index (κ1) is 6.85. The highest BCUT2D eigenvalue weighted by Crippen LogP contribution is 2.28. The van der Waals surface area contributed by atoms with Gasteiger partial charge in [0.25, 0.3) is 0 Å². The van der Waals surface area contributed by atoms with Gasteiger partial charge in [0, 0.05) is 7.05 Å². The van der Waals surface area contributed by atoms with E-state index in [9.17, 15) is 4.21 Å². The molecule has 0 saturated carbocycles. The highest BCUT2D eigenvalue weighted by atomic mass is 32.2. The molecule has 0 fully saturated rings. The average Bonchev–Trinajstić information content (AvgIpc) is 2.30. The van der Waals surface area contributed by atoms with Crippen LogP contribution in [0.2, 0.25) is 0 Å². The van der Waals surface area contributed by atoms with E-state index in [0.29, 0.717) is 5.75 Å². The Morgan fingerprint density at radius 3 is 2.91 bits per heavy atom. The van der Waals surface area contributed by atoms with Crippen molar-refractivity contribution >= 4 is 16.7 Å². The van der Waals surface area contributed by atoms with Gasteiger partial charge in [0.15, 0.2) is 0 Å². The van der Waals surface area contributed by atoms with Gasteiger partial charge in [-0.3, -0.25) is 4.31 Å². The molecule has 2 rings (SSSR count). The predicted octanol–water partition coefficient (Wildman–Crippen LogP) is 1.30. The van der Waals surface area contributed by atoms with E-state index in [1.54, 1.807) is 0 Å². The normalized spacial score (nSPS) is 21.9. The SMILES string of the molecule is CN1c2ccccc2CS1=O. The highest BCUT2D eigenvalue weighted by molar-refractivity contribution is 7.86. The van der Waals surface area contributed by atoms with Crippen LogP contribution in [0.25, 0.3) is 0 Å². The monoisotopic (exact) mass is 167 g/mol. The Balaban J connectivity index is 2.55. The molecule has 1 aromatic carbocycles. The molecule has 0 bridgehead atoms. The van der Waals surface area contributed by atoms with E-state index in [2.05, 4.69) is 0 Å². The maximum Gasteiger partial charge on any atom is 0.124 e. The topological polar surface area (TPSA) is 20.3 Å².